The zero-order chi connectivity index (χ0) is 16.1. The van der Waals surface area contributed by atoms with Crippen LogP contribution in [0.2, 0.25) is 5.02 Å². The number of carbonyl (C=O) groups is 1. The molecular weight excluding hydrogens is 304 g/mol. The molecule has 2 aromatic heterocycles. The van der Waals surface area contributed by atoms with Gasteiger partial charge in [0, 0.05) is 43.9 Å². The third-order valence-electron chi connectivity index (χ3n) is 3.52. The van der Waals surface area contributed by atoms with E-state index in [1.54, 1.807) is 19.5 Å². The van der Waals surface area contributed by atoms with Gasteiger partial charge in [0.1, 0.15) is 0 Å². The van der Waals surface area contributed by atoms with E-state index in [0.717, 1.165) is 23.4 Å². The van der Waals surface area contributed by atoms with Crippen molar-refractivity contribution in [2.75, 3.05) is 20.8 Å². The van der Waals surface area contributed by atoms with E-state index in [4.69, 9.17) is 21.1 Å². The molecule has 0 amide bonds. The fourth-order valence-corrected chi connectivity index (χ4v) is 2.89. The first kappa shape index (κ1) is 16.5. The van der Waals surface area contributed by atoms with Gasteiger partial charge in [-0.3, -0.25) is 4.98 Å². The Morgan fingerprint density at radius 2 is 2.18 bits per heavy atom. The van der Waals surface area contributed by atoms with Crippen molar-refractivity contribution in [2.24, 2.45) is 0 Å². The SMILES string of the molecule is COCCCn1c(C)c(C(=O)OC)c(Cl)c1-c1cccnc1. The number of methoxy groups -OCH3 is 2. The molecule has 0 saturated heterocycles. The third-order valence-corrected chi connectivity index (χ3v) is 3.89. The highest BCUT2D eigenvalue weighted by atomic mass is 35.5. The summed E-state index contributed by atoms with van der Waals surface area (Å²) < 4.78 is 12.0. The number of halogens is 1. The minimum Gasteiger partial charge on any atom is -0.465 e. The smallest absolute Gasteiger partial charge is 0.341 e. The van der Waals surface area contributed by atoms with Gasteiger partial charge in [0.05, 0.1) is 23.4 Å². The van der Waals surface area contributed by atoms with Gasteiger partial charge in [-0.1, -0.05) is 11.6 Å². The van der Waals surface area contributed by atoms with Crippen molar-refractivity contribution in [2.45, 2.75) is 19.9 Å². The van der Waals surface area contributed by atoms with Crippen LogP contribution in [0.5, 0.6) is 0 Å². The predicted molar refractivity (Wildman–Crippen MR) is 85.2 cm³/mol. The third kappa shape index (κ3) is 3.15. The molecule has 0 spiro atoms. The van der Waals surface area contributed by atoms with Gasteiger partial charge in [-0.2, -0.15) is 0 Å². The Morgan fingerprint density at radius 3 is 2.77 bits per heavy atom. The summed E-state index contributed by atoms with van der Waals surface area (Å²) in [5, 5.41) is 0.398. The summed E-state index contributed by atoms with van der Waals surface area (Å²) in [6.07, 6.45) is 4.24. The van der Waals surface area contributed by atoms with Gasteiger partial charge in [0.25, 0.3) is 0 Å². The maximum atomic E-state index is 12.0. The summed E-state index contributed by atoms with van der Waals surface area (Å²) in [5.74, 6) is -0.432. The molecule has 0 saturated carbocycles. The molecule has 0 fully saturated rings. The molecule has 118 valence electrons. The molecule has 0 aromatic carbocycles. The fraction of sp³-hybridized carbons (Fsp3) is 0.375. The zero-order valence-corrected chi connectivity index (χ0v) is 13.7. The van der Waals surface area contributed by atoms with Gasteiger partial charge in [-0.25, -0.2) is 4.79 Å². The van der Waals surface area contributed by atoms with Crippen molar-refractivity contribution in [3.63, 3.8) is 0 Å². The quantitative estimate of drug-likeness (QED) is 0.604. The summed E-state index contributed by atoms with van der Waals surface area (Å²) in [5.41, 5.74) is 2.83. The van der Waals surface area contributed by atoms with E-state index in [0.29, 0.717) is 23.7 Å². The Kier molecular flexibility index (Phi) is 5.57. The van der Waals surface area contributed by atoms with E-state index in [1.807, 2.05) is 23.6 Å². The number of rotatable bonds is 6. The van der Waals surface area contributed by atoms with Crippen LogP contribution >= 0.6 is 11.6 Å². The van der Waals surface area contributed by atoms with Gasteiger partial charge in [-0.05, 0) is 25.5 Å². The minimum absolute atomic E-state index is 0.398. The number of nitrogens with zero attached hydrogens (tertiary/aromatic N) is 2. The fourth-order valence-electron chi connectivity index (χ4n) is 2.47. The lowest BCUT2D eigenvalue weighted by Crippen LogP contribution is -2.07. The predicted octanol–water partition coefficient (Wildman–Crippen LogP) is 3.34. The summed E-state index contributed by atoms with van der Waals surface area (Å²) in [6, 6.07) is 3.76. The van der Waals surface area contributed by atoms with Crippen molar-refractivity contribution in [1.82, 2.24) is 9.55 Å². The molecule has 6 heteroatoms. The number of hydrogen-bond acceptors (Lipinski definition) is 4. The lowest BCUT2D eigenvalue weighted by molar-refractivity contribution is 0.0600. The molecule has 0 bridgehead atoms. The first-order valence-corrected chi connectivity index (χ1v) is 7.35. The summed E-state index contributed by atoms with van der Waals surface area (Å²) in [7, 11) is 3.02. The van der Waals surface area contributed by atoms with Crippen LogP contribution in [0.1, 0.15) is 22.5 Å². The molecule has 0 aliphatic carbocycles. The van der Waals surface area contributed by atoms with Crippen LogP contribution in [-0.2, 0) is 16.0 Å². The number of ether oxygens (including phenoxy) is 2. The average Bonchev–Trinajstić information content (AvgIpc) is 2.78. The maximum Gasteiger partial charge on any atom is 0.341 e. The molecule has 0 radical (unpaired) electrons. The highest BCUT2D eigenvalue weighted by molar-refractivity contribution is 6.36. The van der Waals surface area contributed by atoms with Gasteiger partial charge in [0.2, 0.25) is 0 Å². The van der Waals surface area contributed by atoms with Crippen molar-refractivity contribution < 1.29 is 14.3 Å². The van der Waals surface area contributed by atoms with Crippen LogP contribution < -0.4 is 0 Å². The number of aromatic nitrogens is 2. The minimum atomic E-state index is -0.432. The summed E-state index contributed by atoms with van der Waals surface area (Å²) in [6.45, 7) is 3.20. The molecule has 0 atom stereocenters. The molecule has 0 aliphatic rings. The Morgan fingerprint density at radius 1 is 1.41 bits per heavy atom. The van der Waals surface area contributed by atoms with Crippen molar-refractivity contribution in [3.05, 3.63) is 40.8 Å². The second kappa shape index (κ2) is 7.42. The summed E-state index contributed by atoms with van der Waals surface area (Å²) in [4.78, 5) is 16.2. The second-order valence-corrected chi connectivity index (χ2v) is 5.23. The largest absolute Gasteiger partial charge is 0.465 e. The van der Waals surface area contributed by atoms with E-state index < -0.39 is 5.97 Å². The number of pyridine rings is 1. The van der Waals surface area contributed by atoms with Gasteiger partial charge >= 0.3 is 5.97 Å². The zero-order valence-electron chi connectivity index (χ0n) is 12.9. The lowest BCUT2D eigenvalue weighted by Gasteiger charge is -2.11. The van der Waals surface area contributed by atoms with E-state index in [2.05, 4.69) is 4.98 Å². The molecule has 2 aromatic rings. The number of esters is 1. The average molecular weight is 323 g/mol. The lowest BCUT2D eigenvalue weighted by atomic mass is 10.2. The van der Waals surface area contributed by atoms with Gasteiger partial charge < -0.3 is 14.0 Å². The van der Waals surface area contributed by atoms with Crippen molar-refractivity contribution >= 4 is 17.6 Å². The van der Waals surface area contributed by atoms with Gasteiger partial charge in [0.15, 0.2) is 0 Å². The van der Waals surface area contributed by atoms with E-state index in [-0.39, 0.29) is 0 Å². The second-order valence-electron chi connectivity index (χ2n) is 4.85. The molecule has 2 rings (SSSR count). The topological polar surface area (TPSA) is 53.4 Å². The van der Waals surface area contributed by atoms with E-state index in [9.17, 15) is 4.79 Å². The van der Waals surface area contributed by atoms with Crippen LogP contribution in [0.3, 0.4) is 0 Å². The van der Waals surface area contributed by atoms with Crippen LogP contribution in [-0.4, -0.2) is 36.3 Å². The van der Waals surface area contributed by atoms with Crippen LogP contribution in [0.4, 0.5) is 0 Å². The molecule has 5 nitrogen and oxygen atoms in total. The Bertz CT molecular complexity index is 653. The maximum absolute atomic E-state index is 12.0. The first-order valence-electron chi connectivity index (χ1n) is 6.98. The van der Waals surface area contributed by atoms with E-state index in [1.165, 1.54) is 7.11 Å². The number of hydrogen-bond donors (Lipinski definition) is 0. The van der Waals surface area contributed by atoms with Crippen LogP contribution in [0, 0.1) is 6.92 Å². The molecule has 0 N–H and O–H groups in total. The highest BCUT2D eigenvalue weighted by Gasteiger charge is 2.25. The van der Waals surface area contributed by atoms with Crippen LogP contribution in [0.25, 0.3) is 11.3 Å². The standard InChI is InChI=1S/C16H19ClN2O3/c1-11-13(16(20)22-3)14(17)15(12-6-4-7-18-10-12)19(11)8-5-9-21-2/h4,6-7,10H,5,8-9H2,1-3H3. The van der Waals surface area contributed by atoms with Gasteiger partial charge in [-0.15, -0.1) is 0 Å². The van der Waals surface area contributed by atoms with Crippen molar-refractivity contribution in [3.8, 4) is 11.3 Å². The molecule has 2 heterocycles. The molecular formula is C16H19ClN2O3. The molecule has 0 aliphatic heterocycles. The highest BCUT2D eigenvalue weighted by Crippen LogP contribution is 2.36. The van der Waals surface area contributed by atoms with Crippen molar-refractivity contribution in [1.29, 1.82) is 0 Å². The molecule has 0 unspecified atom stereocenters. The normalized spacial score (nSPS) is 10.7. The Labute approximate surface area is 134 Å². The monoisotopic (exact) mass is 322 g/mol. The summed E-state index contributed by atoms with van der Waals surface area (Å²) >= 11 is 6.48. The first-order chi connectivity index (χ1) is 10.6. The van der Waals surface area contributed by atoms with Crippen LogP contribution in [0.15, 0.2) is 24.5 Å². The Balaban J connectivity index is 2.56. The Hall–Kier alpha value is -1.85. The molecule has 22 heavy (non-hydrogen) atoms. The number of carbonyl (C=O) groups excluding carboxylic acids is 1. The van der Waals surface area contributed by atoms with E-state index >= 15 is 0 Å².